The Kier molecular flexibility index (Phi) is 2.24. The molecule has 1 aromatic carbocycles. The molecule has 0 aliphatic rings. The van der Waals surface area contributed by atoms with Gasteiger partial charge < -0.3 is 0 Å². The van der Waals surface area contributed by atoms with Crippen LogP contribution in [0.5, 0.6) is 0 Å². The summed E-state index contributed by atoms with van der Waals surface area (Å²) in [6.07, 6.45) is 0. The zero-order valence-electron chi connectivity index (χ0n) is 7.77. The van der Waals surface area contributed by atoms with E-state index < -0.39 is 4.92 Å². The van der Waals surface area contributed by atoms with Crippen molar-refractivity contribution in [1.82, 2.24) is 9.97 Å². The number of halogens is 1. The van der Waals surface area contributed by atoms with Gasteiger partial charge in [-0.3, -0.25) is 10.1 Å². The third-order valence-corrected chi connectivity index (χ3v) is 2.26. The van der Waals surface area contributed by atoms with E-state index in [0.717, 1.165) is 0 Å². The highest BCUT2D eigenvalue weighted by molar-refractivity contribution is 6.34. The fourth-order valence-corrected chi connectivity index (χ4v) is 1.63. The molecule has 0 aliphatic heterocycles. The number of hydrogen-bond donors (Lipinski definition) is 0. The highest BCUT2D eigenvalue weighted by Crippen LogP contribution is 2.27. The Hall–Kier alpha value is -1.75. The van der Waals surface area contributed by atoms with E-state index in [9.17, 15) is 10.1 Å². The molecule has 15 heavy (non-hydrogen) atoms. The zero-order chi connectivity index (χ0) is 11.0. The third-order valence-electron chi connectivity index (χ3n) is 1.97. The molecule has 0 atom stereocenters. The first kappa shape index (κ1) is 9.79. The number of rotatable bonds is 1. The minimum atomic E-state index is -0.481. The lowest BCUT2D eigenvalue weighted by atomic mass is 10.2. The molecule has 2 aromatic rings. The number of nitro groups is 1. The number of nitro benzene ring substituents is 1. The Morgan fingerprint density at radius 2 is 2.13 bits per heavy atom. The predicted molar refractivity (Wildman–Crippen MR) is 55.9 cm³/mol. The van der Waals surface area contributed by atoms with Gasteiger partial charge in [-0.2, -0.15) is 0 Å². The summed E-state index contributed by atoms with van der Waals surface area (Å²) in [5, 5.41) is 11.5. The zero-order valence-corrected chi connectivity index (χ0v) is 8.52. The third kappa shape index (κ3) is 1.61. The second-order valence-corrected chi connectivity index (χ2v) is 3.35. The lowest BCUT2D eigenvalue weighted by molar-refractivity contribution is -0.383. The van der Waals surface area contributed by atoms with Crippen LogP contribution >= 0.6 is 11.6 Å². The molecule has 1 aromatic heterocycles. The maximum Gasteiger partial charge on any atom is 0.295 e. The Balaban J connectivity index is 2.91. The average Bonchev–Trinajstić information content (AvgIpc) is 2.16. The van der Waals surface area contributed by atoms with Crippen molar-refractivity contribution >= 4 is 28.2 Å². The maximum absolute atomic E-state index is 10.7. The van der Waals surface area contributed by atoms with Crippen molar-refractivity contribution in [3.63, 3.8) is 0 Å². The number of para-hydroxylation sites is 1. The van der Waals surface area contributed by atoms with Gasteiger partial charge in [-0.1, -0.05) is 17.7 Å². The molecule has 6 heteroatoms. The molecule has 5 nitrogen and oxygen atoms in total. The van der Waals surface area contributed by atoms with Crippen LogP contribution in [-0.4, -0.2) is 14.9 Å². The summed E-state index contributed by atoms with van der Waals surface area (Å²) in [6, 6.07) is 4.61. The minimum absolute atomic E-state index is 0.0556. The van der Waals surface area contributed by atoms with E-state index in [-0.39, 0.29) is 16.4 Å². The van der Waals surface area contributed by atoms with Crippen molar-refractivity contribution in [3.8, 4) is 0 Å². The Morgan fingerprint density at radius 3 is 2.80 bits per heavy atom. The van der Waals surface area contributed by atoms with Crippen LogP contribution in [0.2, 0.25) is 5.15 Å². The van der Waals surface area contributed by atoms with E-state index in [2.05, 4.69) is 9.97 Å². The molecule has 0 spiro atoms. The molecule has 0 N–H and O–H groups in total. The maximum atomic E-state index is 10.7. The molecule has 0 fully saturated rings. The summed E-state index contributed by atoms with van der Waals surface area (Å²) in [6.45, 7) is 1.64. The molecule has 0 aliphatic carbocycles. The van der Waals surface area contributed by atoms with E-state index in [0.29, 0.717) is 11.2 Å². The lowest BCUT2D eigenvalue weighted by Gasteiger charge is -2.01. The summed E-state index contributed by atoms with van der Waals surface area (Å²) in [7, 11) is 0. The van der Waals surface area contributed by atoms with Gasteiger partial charge in [0.05, 0.1) is 4.92 Å². The number of aryl methyl sites for hydroxylation is 1. The molecule has 2 rings (SSSR count). The molecule has 1 heterocycles. The Labute approximate surface area is 89.9 Å². The second kappa shape index (κ2) is 3.43. The standard InChI is InChI=1S/C9H6ClN3O2/c1-5-11-8-6(9(10)12-5)3-2-4-7(8)13(14)15/h2-4H,1H3. The average molecular weight is 224 g/mol. The van der Waals surface area contributed by atoms with Crippen LogP contribution in [0, 0.1) is 17.0 Å². The van der Waals surface area contributed by atoms with Crippen molar-refractivity contribution in [1.29, 1.82) is 0 Å². The quantitative estimate of drug-likeness (QED) is 0.423. The largest absolute Gasteiger partial charge is 0.295 e. The monoisotopic (exact) mass is 223 g/mol. The smallest absolute Gasteiger partial charge is 0.258 e. The van der Waals surface area contributed by atoms with Crippen LogP contribution in [0.1, 0.15) is 5.82 Å². The van der Waals surface area contributed by atoms with Crippen molar-refractivity contribution < 1.29 is 4.92 Å². The number of nitrogens with zero attached hydrogens (tertiary/aromatic N) is 3. The van der Waals surface area contributed by atoms with Crippen LogP contribution in [0.4, 0.5) is 5.69 Å². The first-order chi connectivity index (χ1) is 7.09. The lowest BCUT2D eigenvalue weighted by Crippen LogP contribution is -1.95. The molecule has 0 saturated heterocycles. The van der Waals surface area contributed by atoms with Gasteiger partial charge in [-0.05, 0) is 13.0 Å². The summed E-state index contributed by atoms with van der Waals surface area (Å²) >= 11 is 5.87. The Morgan fingerprint density at radius 1 is 1.40 bits per heavy atom. The van der Waals surface area contributed by atoms with E-state index in [1.807, 2.05) is 0 Å². The van der Waals surface area contributed by atoms with Gasteiger partial charge in [-0.25, -0.2) is 9.97 Å². The molecule has 0 bridgehead atoms. The van der Waals surface area contributed by atoms with E-state index in [4.69, 9.17) is 11.6 Å². The number of aromatic nitrogens is 2. The number of hydrogen-bond acceptors (Lipinski definition) is 4. The van der Waals surface area contributed by atoms with Gasteiger partial charge in [0.25, 0.3) is 5.69 Å². The van der Waals surface area contributed by atoms with Crippen LogP contribution in [0.25, 0.3) is 10.9 Å². The summed E-state index contributed by atoms with van der Waals surface area (Å²) in [4.78, 5) is 18.2. The number of non-ortho nitro benzene ring substituents is 1. The molecular weight excluding hydrogens is 218 g/mol. The molecular formula is C9H6ClN3O2. The van der Waals surface area contributed by atoms with Crippen LogP contribution in [0.15, 0.2) is 18.2 Å². The van der Waals surface area contributed by atoms with Crippen LogP contribution in [-0.2, 0) is 0 Å². The second-order valence-electron chi connectivity index (χ2n) is 2.99. The summed E-state index contributed by atoms with van der Waals surface area (Å²) < 4.78 is 0. The van der Waals surface area contributed by atoms with E-state index >= 15 is 0 Å². The molecule has 0 amide bonds. The first-order valence-corrected chi connectivity index (χ1v) is 4.54. The number of fused-ring (bicyclic) bond motifs is 1. The highest BCUT2D eigenvalue weighted by atomic mass is 35.5. The van der Waals surface area contributed by atoms with Gasteiger partial charge in [0.1, 0.15) is 11.0 Å². The fraction of sp³-hybridized carbons (Fsp3) is 0.111. The van der Waals surface area contributed by atoms with Gasteiger partial charge in [-0.15, -0.1) is 0 Å². The molecule has 0 radical (unpaired) electrons. The molecule has 0 saturated carbocycles. The SMILES string of the molecule is Cc1nc(Cl)c2cccc([N+](=O)[O-])c2n1. The first-order valence-electron chi connectivity index (χ1n) is 4.17. The topological polar surface area (TPSA) is 68.9 Å². The summed E-state index contributed by atoms with van der Waals surface area (Å²) in [5.41, 5.74) is 0.222. The summed E-state index contributed by atoms with van der Waals surface area (Å²) in [5.74, 6) is 0.418. The molecule has 0 unspecified atom stereocenters. The minimum Gasteiger partial charge on any atom is -0.258 e. The Bertz CT molecular complexity index is 556. The van der Waals surface area contributed by atoms with Crippen molar-refractivity contribution in [3.05, 3.63) is 39.3 Å². The number of benzene rings is 1. The van der Waals surface area contributed by atoms with Crippen molar-refractivity contribution in [2.24, 2.45) is 0 Å². The van der Waals surface area contributed by atoms with E-state index in [1.165, 1.54) is 6.07 Å². The van der Waals surface area contributed by atoms with Crippen LogP contribution in [0.3, 0.4) is 0 Å². The van der Waals surface area contributed by atoms with Gasteiger partial charge in [0, 0.05) is 11.5 Å². The van der Waals surface area contributed by atoms with Crippen molar-refractivity contribution in [2.75, 3.05) is 0 Å². The van der Waals surface area contributed by atoms with Gasteiger partial charge >= 0.3 is 0 Å². The normalized spacial score (nSPS) is 10.5. The van der Waals surface area contributed by atoms with Gasteiger partial charge in [0.2, 0.25) is 0 Å². The van der Waals surface area contributed by atoms with E-state index in [1.54, 1.807) is 19.1 Å². The highest BCUT2D eigenvalue weighted by Gasteiger charge is 2.15. The fourth-order valence-electron chi connectivity index (χ4n) is 1.35. The van der Waals surface area contributed by atoms with Gasteiger partial charge in [0.15, 0.2) is 5.52 Å². The van der Waals surface area contributed by atoms with Crippen LogP contribution < -0.4 is 0 Å². The predicted octanol–water partition coefficient (Wildman–Crippen LogP) is 2.50. The van der Waals surface area contributed by atoms with Crippen molar-refractivity contribution in [2.45, 2.75) is 6.92 Å². The molecule has 76 valence electrons.